The second-order valence-corrected chi connectivity index (χ2v) is 4.26. The Hall–Kier alpha value is -1.50. The van der Waals surface area contributed by atoms with E-state index in [9.17, 15) is 9.59 Å². The molecule has 0 saturated carbocycles. The lowest BCUT2D eigenvalue weighted by molar-refractivity contribution is 0.0725. The lowest BCUT2D eigenvalue weighted by Crippen LogP contribution is -2.57. The molecule has 1 saturated heterocycles. The van der Waals surface area contributed by atoms with Gasteiger partial charge in [0.15, 0.2) is 0 Å². The van der Waals surface area contributed by atoms with Gasteiger partial charge in [-0.05, 0) is 20.8 Å². The molecule has 1 aliphatic heterocycles. The van der Waals surface area contributed by atoms with Gasteiger partial charge in [-0.2, -0.15) is 0 Å². The molecule has 7 heteroatoms. The summed E-state index contributed by atoms with van der Waals surface area (Å²) in [6, 6.07) is 0.0702. The number of carbonyl (C=O) groups excluding carboxylic acids is 2. The zero-order chi connectivity index (χ0) is 14.3. The maximum absolute atomic E-state index is 12.1. The number of piperazine rings is 1. The number of hydrogen-bond donors (Lipinski definition) is 1. The van der Waals surface area contributed by atoms with Crippen LogP contribution in [-0.4, -0.2) is 72.8 Å². The molecule has 0 aromatic rings. The minimum Gasteiger partial charge on any atom is -0.449 e. The first-order valence-electron chi connectivity index (χ1n) is 6.84. The van der Waals surface area contributed by atoms with Crippen LogP contribution in [0.4, 0.5) is 9.59 Å². The second kappa shape index (κ2) is 7.83. The molecule has 1 aliphatic rings. The number of nitrogens with one attached hydrogen (secondary N) is 1. The van der Waals surface area contributed by atoms with Crippen LogP contribution < -0.4 is 5.43 Å². The van der Waals surface area contributed by atoms with Crippen molar-refractivity contribution in [2.45, 2.75) is 20.8 Å². The van der Waals surface area contributed by atoms with Crippen LogP contribution in [0.2, 0.25) is 0 Å². The highest BCUT2D eigenvalue weighted by Crippen LogP contribution is 2.04. The lowest BCUT2D eigenvalue weighted by Gasteiger charge is -2.36. The predicted molar refractivity (Wildman–Crippen MR) is 71.6 cm³/mol. The Morgan fingerprint density at radius 1 is 1.11 bits per heavy atom. The molecular weight excluding hydrogens is 248 g/mol. The van der Waals surface area contributed by atoms with E-state index >= 15 is 0 Å². The van der Waals surface area contributed by atoms with Crippen molar-refractivity contribution in [2.24, 2.45) is 0 Å². The highest BCUT2D eigenvalue weighted by atomic mass is 16.6. The van der Waals surface area contributed by atoms with Crippen LogP contribution in [0.5, 0.6) is 0 Å². The van der Waals surface area contributed by atoms with Gasteiger partial charge in [-0.3, -0.25) is 5.43 Å². The molecule has 0 aromatic carbocycles. The first-order valence-corrected chi connectivity index (χ1v) is 6.84. The fourth-order valence-electron chi connectivity index (χ4n) is 2.00. The van der Waals surface area contributed by atoms with E-state index in [1.807, 2.05) is 18.7 Å². The summed E-state index contributed by atoms with van der Waals surface area (Å²) >= 11 is 0. The summed E-state index contributed by atoms with van der Waals surface area (Å²) in [5.41, 5.74) is 2.66. The summed E-state index contributed by atoms with van der Waals surface area (Å²) in [6.07, 6.45) is -0.439. The first-order chi connectivity index (χ1) is 9.12. The SMILES string of the molecule is CCOC(=O)NN1CCN(C(=O)N(CC)CC)CC1. The van der Waals surface area contributed by atoms with Crippen LogP contribution in [0.3, 0.4) is 0 Å². The van der Waals surface area contributed by atoms with Gasteiger partial charge in [0, 0.05) is 39.3 Å². The molecule has 110 valence electrons. The van der Waals surface area contributed by atoms with Gasteiger partial charge in [-0.1, -0.05) is 0 Å². The quantitative estimate of drug-likeness (QED) is 0.819. The number of rotatable bonds is 4. The Balaban J connectivity index is 2.36. The molecule has 0 radical (unpaired) electrons. The van der Waals surface area contributed by atoms with Gasteiger partial charge < -0.3 is 14.5 Å². The van der Waals surface area contributed by atoms with Gasteiger partial charge in [0.1, 0.15) is 0 Å². The van der Waals surface area contributed by atoms with Crippen molar-refractivity contribution in [1.29, 1.82) is 0 Å². The highest BCUT2D eigenvalue weighted by Gasteiger charge is 2.24. The Labute approximate surface area is 114 Å². The zero-order valence-electron chi connectivity index (χ0n) is 12.0. The van der Waals surface area contributed by atoms with E-state index in [4.69, 9.17) is 4.74 Å². The van der Waals surface area contributed by atoms with Crippen molar-refractivity contribution in [2.75, 3.05) is 45.9 Å². The summed E-state index contributed by atoms with van der Waals surface area (Å²) in [7, 11) is 0. The number of hydrazine groups is 1. The molecule has 0 spiro atoms. The monoisotopic (exact) mass is 272 g/mol. The fraction of sp³-hybridized carbons (Fsp3) is 0.833. The van der Waals surface area contributed by atoms with Crippen molar-refractivity contribution >= 4 is 12.1 Å². The van der Waals surface area contributed by atoms with Crippen molar-refractivity contribution in [1.82, 2.24) is 20.2 Å². The van der Waals surface area contributed by atoms with Crippen molar-refractivity contribution in [3.05, 3.63) is 0 Å². The average molecular weight is 272 g/mol. The maximum Gasteiger partial charge on any atom is 0.421 e. The molecule has 1 heterocycles. The van der Waals surface area contributed by atoms with Gasteiger partial charge in [0.25, 0.3) is 0 Å². The third-order valence-corrected chi connectivity index (χ3v) is 3.11. The number of urea groups is 1. The van der Waals surface area contributed by atoms with Crippen LogP contribution in [-0.2, 0) is 4.74 Å². The van der Waals surface area contributed by atoms with E-state index in [-0.39, 0.29) is 6.03 Å². The Kier molecular flexibility index (Phi) is 6.41. The summed E-state index contributed by atoms with van der Waals surface area (Å²) in [5, 5.41) is 1.78. The second-order valence-electron chi connectivity index (χ2n) is 4.26. The first kappa shape index (κ1) is 15.6. The van der Waals surface area contributed by atoms with E-state index in [1.165, 1.54) is 0 Å². The van der Waals surface area contributed by atoms with Crippen LogP contribution >= 0.6 is 0 Å². The van der Waals surface area contributed by atoms with Crippen molar-refractivity contribution in [3.63, 3.8) is 0 Å². The molecule has 0 atom stereocenters. The number of nitrogens with zero attached hydrogens (tertiary/aromatic N) is 3. The number of hydrogen-bond acceptors (Lipinski definition) is 4. The highest BCUT2D eigenvalue weighted by molar-refractivity contribution is 5.74. The van der Waals surface area contributed by atoms with E-state index in [2.05, 4.69) is 5.43 Å². The van der Waals surface area contributed by atoms with E-state index in [0.717, 1.165) is 13.1 Å². The molecule has 0 aliphatic carbocycles. The molecule has 0 unspecified atom stereocenters. The number of carbonyl (C=O) groups is 2. The molecule has 3 amide bonds. The van der Waals surface area contributed by atoms with E-state index in [0.29, 0.717) is 32.8 Å². The van der Waals surface area contributed by atoms with Crippen LogP contribution in [0, 0.1) is 0 Å². The van der Waals surface area contributed by atoms with Gasteiger partial charge in [-0.25, -0.2) is 14.6 Å². The summed E-state index contributed by atoms with van der Waals surface area (Å²) in [6.45, 7) is 9.96. The van der Waals surface area contributed by atoms with Crippen LogP contribution in [0.1, 0.15) is 20.8 Å². The molecule has 1 N–H and O–H groups in total. The van der Waals surface area contributed by atoms with Gasteiger partial charge >= 0.3 is 12.1 Å². The van der Waals surface area contributed by atoms with Crippen LogP contribution in [0.25, 0.3) is 0 Å². The Bertz CT molecular complexity index is 299. The van der Waals surface area contributed by atoms with E-state index < -0.39 is 6.09 Å². The lowest BCUT2D eigenvalue weighted by atomic mass is 10.3. The molecule has 0 bridgehead atoms. The smallest absolute Gasteiger partial charge is 0.421 e. The summed E-state index contributed by atoms with van der Waals surface area (Å²) in [4.78, 5) is 27.0. The average Bonchev–Trinajstić information content (AvgIpc) is 2.41. The largest absolute Gasteiger partial charge is 0.449 e. The van der Waals surface area contributed by atoms with Gasteiger partial charge in [-0.15, -0.1) is 0 Å². The minimum absolute atomic E-state index is 0.0702. The molecular formula is C12H24N4O3. The molecule has 0 aromatic heterocycles. The van der Waals surface area contributed by atoms with E-state index in [1.54, 1.807) is 16.8 Å². The van der Waals surface area contributed by atoms with Gasteiger partial charge in [0.05, 0.1) is 6.61 Å². The molecule has 1 fully saturated rings. The molecule has 19 heavy (non-hydrogen) atoms. The van der Waals surface area contributed by atoms with Crippen LogP contribution in [0.15, 0.2) is 0 Å². The molecule has 7 nitrogen and oxygen atoms in total. The predicted octanol–water partition coefficient (Wildman–Crippen LogP) is 0.727. The number of ether oxygens (including phenoxy) is 1. The summed E-state index contributed by atoms with van der Waals surface area (Å²) < 4.78 is 4.81. The topological polar surface area (TPSA) is 65.1 Å². The third-order valence-electron chi connectivity index (χ3n) is 3.11. The van der Waals surface area contributed by atoms with Crippen molar-refractivity contribution < 1.29 is 14.3 Å². The Morgan fingerprint density at radius 3 is 2.16 bits per heavy atom. The minimum atomic E-state index is -0.439. The van der Waals surface area contributed by atoms with Crippen molar-refractivity contribution in [3.8, 4) is 0 Å². The third kappa shape index (κ3) is 4.59. The Morgan fingerprint density at radius 2 is 1.68 bits per heavy atom. The normalized spacial score (nSPS) is 16.1. The standard InChI is InChI=1S/C12H24N4O3/c1-4-14(5-2)12(18)15-7-9-16(10-8-15)13-11(17)19-6-3/h4-10H2,1-3H3,(H,13,17). The fourth-order valence-corrected chi connectivity index (χ4v) is 2.00. The van der Waals surface area contributed by atoms with Gasteiger partial charge in [0.2, 0.25) is 0 Å². The summed E-state index contributed by atoms with van der Waals surface area (Å²) in [5.74, 6) is 0. The molecule has 1 rings (SSSR count). The number of amides is 3. The zero-order valence-corrected chi connectivity index (χ0v) is 12.0. The maximum atomic E-state index is 12.1.